The van der Waals surface area contributed by atoms with Gasteiger partial charge in [0.1, 0.15) is 5.82 Å². The van der Waals surface area contributed by atoms with Crippen molar-refractivity contribution in [1.29, 1.82) is 0 Å². The van der Waals surface area contributed by atoms with E-state index in [1.165, 1.54) is 6.20 Å². The molecule has 0 aliphatic heterocycles. The summed E-state index contributed by atoms with van der Waals surface area (Å²) in [6.07, 6.45) is 5.27. The predicted octanol–water partition coefficient (Wildman–Crippen LogP) is 0.277. The summed E-state index contributed by atoms with van der Waals surface area (Å²) in [4.78, 5) is 4.04. The molecule has 0 aromatic carbocycles. The number of aromatic nitrogens is 2. The van der Waals surface area contributed by atoms with Crippen molar-refractivity contribution in [2.45, 2.75) is 49.7 Å². The molecule has 0 saturated heterocycles. The van der Waals surface area contributed by atoms with E-state index >= 15 is 0 Å². The molecule has 0 spiro atoms. The Morgan fingerprint density at radius 3 is 2.67 bits per heavy atom. The molecule has 0 radical (unpaired) electrons. The number of hydrogen-bond acceptors (Lipinski definition) is 4. The normalized spacial score (nSPS) is 25.3. The number of sulfonamides is 1. The lowest BCUT2D eigenvalue weighted by atomic mass is 9.92. The van der Waals surface area contributed by atoms with Gasteiger partial charge >= 0.3 is 0 Å². The van der Waals surface area contributed by atoms with Crippen LogP contribution in [0.4, 0.5) is 0 Å². The van der Waals surface area contributed by atoms with Crippen molar-refractivity contribution in [1.82, 2.24) is 14.3 Å². The maximum absolute atomic E-state index is 12.2. The lowest BCUT2D eigenvalue weighted by Gasteiger charge is -2.28. The van der Waals surface area contributed by atoms with Crippen LogP contribution in [0.1, 0.15) is 31.5 Å². The van der Waals surface area contributed by atoms with Crippen LogP contribution in [0.3, 0.4) is 0 Å². The molecule has 1 aliphatic rings. The third-order valence-electron chi connectivity index (χ3n) is 3.49. The van der Waals surface area contributed by atoms with Gasteiger partial charge in [-0.2, -0.15) is 0 Å². The molecule has 1 aliphatic carbocycles. The molecule has 2 atom stereocenters. The summed E-state index contributed by atoms with van der Waals surface area (Å²) in [6, 6.07) is -0.274. The van der Waals surface area contributed by atoms with Crippen LogP contribution in [-0.4, -0.2) is 30.1 Å². The molecule has 0 amide bonds. The lowest BCUT2D eigenvalue weighted by molar-refractivity contribution is 0.361. The fourth-order valence-electron chi connectivity index (χ4n) is 2.22. The highest BCUT2D eigenvalue weighted by molar-refractivity contribution is 7.89. The molecule has 18 heavy (non-hydrogen) atoms. The summed E-state index contributed by atoms with van der Waals surface area (Å²) in [7, 11) is -1.78. The van der Waals surface area contributed by atoms with E-state index in [0.29, 0.717) is 5.82 Å². The summed E-state index contributed by atoms with van der Waals surface area (Å²) in [6.45, 7) is 1.77. The lowest BCUT2D eigenvalue weighted by Crippen LogP contribution is -2.49. The minimum atomic E-state index is -3.56. The standard InChI is InChI=1S/C11H20N4O2S/c1-8-13-11(7-15(8)2)18(16,17)14-10-6-4-3-5-9(10)12/h7,9-10,14H,3-6,12H2,1-2H3/t9-,10-/m1/s1. The average molecular weight is 272 g/mol. The van der Waals surface area contributed by atoms with Gasteiger partial charge in [0, 0.05) is 25.3 Å². The first-order chi connectivity index (χ1) is 8.40. The van der Waals surface area contributed by atoms with Crippen molar-refractivity contribution >= 4 is 10.0 Å². The zero-order valence-electron chi connectivity index (χ0n) is 10.8. The minimum Gasteiger partial charge on any atom is -0.337 e. The van der Waals surface area contributed by atoms with E-state index in [1.807, 2.05) is 0 Å². The molecule has 0 unspecified atom stereocenters. The van der Waals surface area contributed by atoms with Gasteiger partial charge in [-0.05, 0) is 19.8 Å². The van der Waals surface area contributed by atoms with Gasteiger partial charge in [0.05, 0.1) is 0 Å². The first-order valence-corrected chi connectivity index (χ1v) is 7.66. The molecule has 102 valence electrons. The van der Waals surface area contributed by atoms with Crippen LogP contribution in [0, 0.1) is 6.92 Å². The van der Waals surface area contributed by atoms with Crippen LogP contribution < -0.4 is 10.5 Å². The predicted molar refractivity (Wildman–Crippen MR) is 68.5 cm³/mol. The van der Waals surface area contributed by atoms with Gasteiger partial charge in [0.25, 0.3) is 10.0 Å². The van der Waals surface area contributed by atoms with E-state index in [2.05, 4.69) is 9.71 Å². The molecule has 1 fully saturated rings. The largest absolute Gasteiger partial charge is 0.337 e. The van der Waals surface area contributed by atoms with Crippen molar-refractivity contribution in [2.24, 2.45) is 12.8 Å². The number of rotatable bonds is 3. The first kappa shape index (κ1) is 13.5. The topological polar surface area (TPSA) is 90.0 Å². The van der Waals surface area contributed by atoms with E-state index in [-0.39, 0.29) is 17.1 Å². The number of aryl methyl sites for hydroxylation is 2. The number of nitrogens with two attached hydrogens (primary N) is 1. The molecular weight excluding hydrogens is 252 g/mol. The first-order valence-electron chi connectivity index (χ1n) is 6.18. The molecule has 1 aromatic heterocycles. The Bertz CT molecular complexity index is 504. The molecule has 1 saturated carbocycles. The molecule has 3 N–H and O–H groups in total. The second-order valence-electron chi connectivity index (χ2n) is 4.91. The Kier molecular flexibility index (Phi) is 3.74. The maximum atomic E-state index is 12.2. The van der Waals surface area contributed by atoms with Crippen LogP contribution in [0.5, 0.6) is 0 Å². The molecule has 2 rings (SSSR count). The molecular formula is C11H20N4O2S. The minimum absolute atomic E-state index is 0.0697. The highest BCUT2D eigenvalue weighted by Gasteiger charge is 2.28. The van der Waals surface area contributed by atoms with Crippen LogP contribution in [-0.2, 0) is 17.1 Å². The number of hydrogen-bond donors (Lipinski definition) is 2. The number of nitrogens with zero attached hydrogens (tertiary/aromatic N) is 2. The Balaban J connectivity index is 2.16. The second-order valence-corrected chi connectivity index (χ2v) is 6.57. The molecule has 7 heteroatoms. The van der Waals surface area contributed by atoms with Gasteiger partial charge < -0.3 is 10.3 Å². The highest BCUT2D eigenvalue weighted by atomic mass is 32.2. The Morgan fingerprint density at radius 2 is 2.11 bits per heavy atom. The summed E-state index contributed by atoms with van der Waals surface area (Å²) < 4.78 is 28.7. The number of nitrogens with one attached hydrogen (secondary N) is 1. The van der Waals surface area contributed by atoms with Crippen LogP contribution in [0.15, 0.2) is 11.2 Å². The van der Waals surface area contributed by atoms with Gasteiger partial charge in [-0.3, -0.25) is 0 Å². The zero-order chi connectivity index (χ0) is 13.3. The van der Waals surface area contributed by atoms with Gasteiger partial charge in [-0.15, -0.1) is 0 Å². The van der Waals surface area contributed by atoms with Crippen molar-refractivity contribution in [3.05, 3.63) is 12.0 Å². The Labute approximate surface area is 108 Å². The van der Waals surface area contributed by atoms with E-state index in [1.54, 1.807) is 18.5 Å². The molecule has 6 nitrogen and oxygen atoms in total. The van der Waals surface area contributed by atoms with Crippen molar-refractivity contribution in [3.8, 4) is 0 Å². The summed E-state index contributed by atoms with van der Waals surface area (Å²) in [5.41, 5.74) is 5.95. The SMILES string of the molecule is Cc1nc(S(=O)(=O)N[C@@H]2CCCC[C@H]2N)cn1C. The zero-order valence-corrected chi connectivity index (χ0v) is 11.6. The second kappa shape index (κ2) is 4.99. The third-order valence-corrected chi connectivity index (χ3v) is 4.85. The summed E-state index contributed by atoms with van der Waals surface area (Å²) >= 11 is 0. The molecule has 0 bridgehead atoms. The van der Waals surface area contributed by atoms with Gasteiger partial charge in [-0.1, -0.05) is 12.8 Å². The van der Waals surface area contributed by atoms with Crippen LogP contribution in [0.2, 0.25) is 0 Å². The highest BCUT2D eigenvalue weighted by Crippen LogP contribution is 2.19. The van der Waals surface area contributed by atoms with Crippen molar-refractivity contribution in [2.75, 3.05) is 0 Å². The van der Waals surface area contributed by atoms with E-state index in [0.717, 1.165) is 25.7 Å². The summed E-state index contributed by atoms with van der Waals surface area (Å²) in [5, 5.41) is 0.0697. The molecule has 1 aromatic rings. The van der Waals surface area contributed by atoms with Gasteiger partial charge in [0.2, 0.25) is 0 Å². The average Bonchev–Trinajstić information content (AvgIpc) is 2.63. The smallest absolute Gasteiger partial charge is 0.259 e. The Morgan fingerprint density at radius 1 is 1.44 bits per heavy atom. The van der Waals surface area contributed by atoms with Gasteiger partial charge in [-0.25, -0.2) is 18.1 Å². The number of imidazole rings is 1. The maximum Gasteiger partial charge on any atom is 0.259 e. The van der Waals surface area contributed by atoms with Crippen LogP contribution >= 0.6 is 0 Å². The molecule has 1 heterocycles. The fraction of sp³-hybridized carbons (Fsp3) is 0.727. The van der Waals surface area contributed by atoms with Crippen molar-refractivity contribution in [3.63, 3.8) is 0 Å². The van der Waals surface area contributed by atoms with E-state index < -0.39 is 10.0 Å². The third kappa shape index (κ3) is 2.73. The van der Waals surface area contributed by atoms with Gasteiger partial charge in [0.15, 0.2) is 5.03 Å². The van der Waals surface area contributed by atoms with Crippen molar-refractivity contribution < 1.29 is 8.42 Å². The van der Waals surface area contributed by atoms with Crippen LogP contribution in [0.25, 0.3) is 0 Å². The summed E-state index contributed by atoms with van der Waals surface area (Å²) in [5.74, 6) is 0.670. The quantitative estimate of drug-likeness (QED) is 0.827. The monoisotopic (exact) mass is 272 g/mol. The Hall–Kier alpha value is -0.920. The van der Waals surface area contributed by atoms with E-state index in [9.17, 15) is 8.42 Å². The van der Waals surface area contributed by atoms with E-state index in [4.69, 9.17) is 5.73 Å². The fourth-order valence-corrected chi connectivity index (χ4v) is 3.58.